The Morgan fingerprint density at radius 1 is 1.32 bits per heavy atom. The summed E-state index contributed by atoms with van der Waals surface area (Å²) in [6, 6.07) is 7.89. The lowest BCUT2D eigenvalue weighted by molar-refractivity contribution is 0.392. The van der Waals surface area contributed by atoms with E-state index in [4.69, 9.17) is 16.3 Å². The highest BCUT2D eigenvalue weighted by atomic mass is 16.5. The van der Waals surface area contributed by atoms with Crippen molar-refractivity contribution < 1.29 is 4.74 Å². The molecular weight excluding hydrogens is 278 g/mol. The Morgan fingerprint density at radius 2 is 2.18 bits per heavy atom. The molecule has 0 bridgehead atoms. The minimum atomic E-state index is 0.445. The van der Waals surface area contributed by atoms with Gasteiger partial charge in [-0.05, 0) is 25.0 Å². The molecule has 0 spiro atoms. The first kappa shape index (κ1) is 12.8. The molecule has 0 aliphatic heterocycles. The standard InChI is InChI=1S/C16H13N5O/c1-17-11-3-6-13-14(8-11)21(12-4-5-12)16(19-13)10-7-15(22-2)20-18-9-10/h3,6-9,12H,4-5H2,2H3. The zero-order chi connectivity index (χ0) is 15.1. The van der Waals surface area contributed by atoms with Crippen molar-refractivity contribution in [1.29, 1.82) is 0 Å². The van der Waals surface area contributed by atoms with Gasteiger partial charge < -0.3 is 9.30 Å². The molecule has 0 N–H and O–H groups in total. The predicted octanol–water partition coefficient (Wildman–Crippen LogP) is 3.39. The fourth-order valence-corrected chi connectivity index (χ4v) is 2.63. The minimum absolute atomic E-state index is 0.445. The third-order valence-electron chi connectivity index (χ3n) is 3.81. The molecule has 6 nitrogen and oxygen atoms in total. The molecule has 4 rings (SSSR count). The van der Waals surface area contributed by atoms with Gasteiger partial charge >= 0.3 is 0 Å². The Hall–Kier alpha value is -2.94. The van der Waals surface area contributed by atoms with Crippen LogP contribution in [0, 0.1) is 6.57 Å². The van der Waals surface area contributed by atoms with Gasteiger partial charge in [-0.3, -0.25) is 0 Å². The molecular formula is C16H13N5O. The monoisotopic (exact) mass is 291 g/mol. The van der Waals surface area contributed by atoms with E-state index < -0.39 is 0 Å². The largest absolute Gasteiger partial charge is 0.480 e. The van der Waals surface area contributed by atoms with Gasteiger partial charge in [-0.25, -0.2) is 9.83 Å². The Balaban J connectivity index is 1.97. The SMILES string of the molecule is [C-]#[N+]c1ccc2nc(-c3cnnc(OC)c3)n(C3CC3)c2c1. The number of aromatic nitrogens is 4. The summed E-state index contributed by atoms with van der Waals surface area (Å²) in [4.78, 5) is 8.25. The van der Waals surface area contributed by atoms with Crippen molar-refractivity contribution >= 4 is 16.7 Å². The van der Waals surface area contributed by atoms with E-state index in [1.165, 1.54) is 0 Å². The van der Waals surface area contributed by atoms with Gasteiger partial charge in [0.05, 0.1) is 30.9 Å². The number of imidazole rings is 1. The lowest BCUT2D eigenvalue weighted by atomic mass is 10.2. The molecule has 3 aromatic rings. The summed E-state index contributed by atoms with van der Waals surface area (Å²) >= 11 is 0. The number of rotatable bonds is 3. The maximum absolute atomic E-state index is 7.20. The smallest absolute Gasteiger partial charge is 0.233 e. The highest BCUT2D eigenvalue weighted by Crippen LogP contribution is 2.42. The van der Waals surface area contributed by atoms with Gasteiger partial charge in [0.15, 0.2) is 5.69 Å². The first-order chi connectivity index (χ1) is 10.8. The summed E-state index contributed by atoms with van der Waals surface area (Å²) in [6.45, 7) is 7.20. The van der Waals surface area contributed by atoms with Crippen molar-refractivity contribution in [3.8, 4) is 17.3 Å². The number of nitrogens with zero attached hydrogens (tertiary/aromatic N) is 5. The van der Waals surface area contributed by atoms with Crippen LogP contribution < -0.4 is 4.74 Å². The van der Waals surface area contributed by atoms with Gasteiger partial charge in [0, 0.05) is 17.7 Å². The van der Waals surface area contributed by atoms with Gasteiger partial charge in [0.2, 0.25) is 5.88 Å². The Morgan fingerprint density at radius 3 is 2.91 bits per heavy atom. The maximum Gasteiger partial charge on any atom is 0.233 e. The Bertz CT molecular complexity index is 905. The fraction of sp³-hybridized carbons (Fsp3) is 0.250. The molecule has 6 heteroatoms. The van der Waals surface area contributed by atoms with Gasteiger partial charge in [-0.2, -0.15) is 5.10 Å². The summed E-state index contributed by atoms with van der Waals surface area (Å²) < 4.78 is 7.36. The second kappa shape index (κ2) is 4.81. The average molecular weight is 291 g/mol. The molecule has 108 valence electrons. The zero-order valence-electron chi connectivity index (χ0n) is 12.0. The van der Waals surface area contributed by atoms with Crippen molar-refractivity contribution in [2.75, 3.05) is 7.11 Å². The third-order valence-corrected chi connectivity index (χ3v) is 3.81. The van der Waals surface area contributed by atoms with E-state index in [0.717, 1.165) is 35.3 Å². The number of benzene rings is 1. The van der Waals surface area contributed by atoms with Crippen LogP contribution in [0.15, 0.2) is 30.5 Å². The summed E-state index contributed by atoms with van der Waals surface area (Å²) in [5.41, 5.74) is 3.40. The number of ether oxygens (including phenoxy) is 1. The Kier molecular flexibility index (Phi) is 2.79. The van der Waals surface area contributed by atoms with Gasteiger partial charge in [-0.1, -0.05) is 6.07 Å². The quantitative estimate of drug-likeness (QED) is 0.694. The summed E-state index contributed by atoms with van der Waals surface area (Å²) in [5.74, 6) is 1.32. The van der Waals surface area contributed by atoms with E-state index in [9.17, 15) is 0 Å². The molecule has 22 heavy (non-hydrogen) atoms. The number of methoxy groups -OCH3 is 1. The fourth-order valence-electron chi connectivity index (χ4n) is 2.63. The molecule has 2 heterocycles. The summed E-state index contributed by atoms with van der Waals surface area (Å²) in [6.07, 6.45) is 3.96. The van der Waals surface area contributed by atoms with Crippen LogP contribution in [-0.2, 0) is 0 Å². The predicted molar refractivity (Wildman–Crippen MR) is 81.8 cm³/mol. The molecule has 1 aromatic carbocycles. The molecule has 2 aromatic heterocycles. The summed E-state index contributed by atoms with van der Waals surface area (Å²) in [7, 11) is 1.57. The molecule has 1 fully saturated rings. The van der Waals surface area contributed by atoms with Crippen LogP contribution in [0.1, 0.15) is 18.9 Å². The first-order valence-corrected chi connectivity index (χ1v) is 7.06. The van der Waals surface area contributed by atoms with Crippen molar-refractivity contribution in [3.63, 3.8) is 0 Å². The van der Waals surface area contributed by atoms with Crippen LogP contribution in [0.4, 0.5) is 5.69 Å². The second-order valence-corrected chi connectivity index (χ2v) is 5.31. The highest BCUT2D eigenvalue weighted by Gasteiger charge is 2.29. The second-order valence-electron chi connectivity index (χ2n) is 5.31. The van der Waals surface area contributed by atoms with E-state index in [1.54, 1.807) is 19.4 Å². The van der Waals surface area contributed by atoms with E-state index in [0.29, 0.717) is 17.6 Å². The molecule has 0 unspecified atom stereocenters. The van der Waals surface area contributed by atoms with Crippen LogP contribution in [-0.4, -0.2) is 26.9 Å². The van der Waals surface area contributed by atoms with Gasteiger partial charge in [-0.15, -0.1) is 5.10 Å². The molecule has 0 radical (unpaired) electrons. The molecule has 1 saturated carbocycles. The van der Waals surface area contributed by atoms with Crippen molar-refractivity contribution in [3.05, 3.63) is 41.9 Å². The van der Waals surface area contributed by atoms with Gasteiger partial charge in [0.25, 0.3) is 0 Å². The minimum Gasteiger partial charge on any atom is -0.480 e. The van der Waals surface area contributed by atoms with E-state index in [1.807, 2.05) is 18.2 Å². The first-order valence-electron chi connectivity index (χ1n) is 7.06. The molecule has 0 atom stereocenters. The van der Waals surface area contributed by atoms with E-state index >= 15 is 0 Å². The average Bonchev–Trinajstić information content (AvgIpc) is 3.34. The van der Waals surface area contributed by atoms with Crippen LogP contribution in [0.2, 0.25) is 0 Å². The normalized spacial score (nSPS) is 14.0. The van der Waals surface area contributed by atoms with Crippen molar-refractivity contribution in [2.45, 2.75) is 18.9 Å². The number of hydrogen-bond donors (Lipinski definition) is 0. The lowest BCUT2D eigenvalue weighted by Crippen LogP contribution is -1.99. The van der Waals surface area contributed by atoms with Crippen LogP contribution in [0.25, 0.3) is 27.3 Å². The molecule has 1 aliphatic rings. The van der Waals surface area contributed by atoms with Crippen molar-refractivity contribution in [2.24, 2.45) is 0 Å². The van der Waals surface area contributed by atoms with E-state index in [2.05, 4.69) is 19.6 Å². The lowest BCUT2D eigenvalue weighted by Gasteiger charge is -2.08. The van der Waals surface area contributed by atoms with Crippen LogP contribution in [0.3, 0.4) is 0 Å². The highest BCUT2D eigenvalue weighted by molar-refractivity contribution is 5.84. The maximum atomic E-state index is 7.20. The summed E-state index contributed by atoms with van der Waals surface area (Å²) in [5, 5.41) is 7.89. The van der Waals surface area contributed by atoms with Crippen LogP contribution in [0.5, 0.6) is 5.88 Å². The van der Waals surface area contributed by atoms with Gasteiger partial charge in [0.1, 0.15) is 5.82 Å². The number of fused-ring (bicyclic) bond motifs is 1. The van der Waals surface area contributed by atoms with Crippen LogP contribution >= 0.6 is 0 Å². The van der Waals surface area contributed by atoms with Crippen molar-refractivity contribution in [1.82, 2.24) is 19.7 Å². The number of hydrogen-bond acceptors (Lipinski definition) is 4. The zero-order valence-corrected chi connectivity index (χ0v) is 12.0. The Labute approximate surface area is 127 Å². The third kappa shape index (κ3) is 1.99. The molecule has 1 aliphatic carbocycles. The topological polar surface area (TPSA) is 57.2 Å². The molecule has 0 amide bonds. The molecule has 0 saturated heterocycles. The van der Waals surface area contributed by atoms with E-state index in [-0.39, 0.29) is 0 Å².